The molecule has 0 aromatic heterocycles. The summed E-state index contributed by atoms with van der Waals surface area (Å²) in [6.45, 7) is 10.4. The molecule has 0 aromatic rings. The minimum atomic E-state index is -2.02. The molecule has 6 nitrogen and oxygen atoms in total. The predicted molar refractivity (Wildman–Crippen MR) is 158 cm³/mol. The fraction of sp³-hybridized carbons (Fsp3) is 0.966. The van der Waals surface area contributed by atoms with Gasteiger partial charge in [0.05, 0.1) is 13.2 Å². The third kappa shape index (κ3) is 18.7. The van der Waals surface area contributed by atoms with Crippen LogP contribution in [-0.2, 0) is 28.6 Å². The zero-order valence-corrected chi connectivity index (χ0v) is 26.5. The number of rotatable bonds is 28. The van der Waals surface area contributed by atoms with Crippen LogP contribution in [0.5, 0.6) is 0 Å². The molecule has 0 fully saturated rings. The molecule has 0 amide bonds. The maximum atomic E-state index is 12.5. The van der Waals surface area contributed by atoms with E-state index in [2.05, 4.69) is 13.8 Å². The Morgan fingerprint density at radius 1 is 0.784 bits per heavy atom. The Labute approximate surface area is 234 Å². The maximum absolute atomic E-state index is 12.5. The lowest BCUT2D eigenvalue weighted by Crippen LogP contribution is -2.42. The Balaban J connectivity index is 4.77. The third-order valence-electron chi connectivity index (χ3n) is 6.45. The molecule has 0 aliphatic heterocycles. The Kier molecular flexibility index (Phi) is 25.9. The summed E-state index contributed by atoms with van der Waals surface area (Å²) in [4.78, 5) is 23.7. The Hall–Kier alpha value is -0.200. The predicted octanol–water partition coefficient (Wildman–Crippen LogP) is 9.37. The summed E-state index contributed by atoms with van der Waals surface area (Å²) in [5.74, 6) is 0.279. The van der Waals surface area contributed by atoms with Crippen molar-refractivity contribution in [1.82, 2.24) is 0 Å². The normalized spacial score (nSPS) is 14.9. The summed E-state index contributed by atoms with van der Waals surface area (Å²) in [7, 11) is -1.19. The van der Waals surface area contributed by atoms with Crippen molar-refractivity contribution in [2.45, 2.75) is 161 Å². The molecule has 0 aromatic carbocycles. The molecule has 220 valence electrons. The summed E-state index contributed by atoms with van der Waals surface area (Å²) in [5.41, 5.74) is -2.02. The lowest BCUT2D eigenvalue weighted by atomic mass is 10.1. The zero-order valence-electron chi connectivity index (χ0n) is 24.7. The molecule has 0 bridgehead atoms. The number of unbranched alkanes of at least 4 members (excludes halogenated alkanes) is 13. The van der Waals surface area contributed by atoms with E-state index in [9.17, 15) is 9.36 Å². The van der Waals surface area contributed by atoms with Crippen LogP contribution >= 0.6 is 20.2 Å². The van der Waals surface area contributed by atoms with E-state index in [1.165, 1.54) is 89.9 Å². The highest BCUT2D eigenvalue weighted by Gasteiger charge is 2.55. The average Bonchev–Trinajstić information content (AvgIpc) is 2.90. The molecule has 0 radical (unpaired) electrons. The summed E-state index contributed by atoms with van der Waals surface area (Å²) < 4.78 is 22.6. The van der Waals surface area contributed by atoms with Crippen LogP contribution in [0.1, 0.15) is 144 Å². The minimum Gasteiger partial charge on any atom is -0.458 e. The number of hydrogen-bond donors (Lipinski definition) is 0. The smallest absolute Gasteiger partial charge is 0.458 e. The molecule has 8 heteroatoms. The van der Waals surface area contributed by atoms with Gasteiger partial charge in [0.2, 0.25) is 0 Å². The van der Waals surface area contributed by atoms with E-state index in [0.717, 1.165) is 18.6 Å². The molecule has 4 unspecified atom stereocenters. The number of carbonyl (C=O) groups excluding carboxylic acids is 1. The molecule has 0 heterocycles. The van der Waals surface area contributed by atoms with Gasteiger partial charge in [-0.3, -0.25) is 4.74 Å². The third-order valence-corrected chi connectivity index (χ3v) is 8.72. The molecular weight excluding hydrogens is 507 g/mol. The number of carbonyl (C=O) groups is 1. The van der Waals surface area contributed by atoms with Crippen LogP contribution in [0.15, 0.2) is 0 Å². The summed E-state index contributed by atoms with van der Waals surface area (Å²) in [5, 5.41) is 0.237. The van der Waals surface area contributed by atoms with E-state index in [4.69, 9.17) is 19.2 Å². The van der Waals surface area contributed by atoms with Gasteiger partial charge in [-0.05, 0) is 38.9 Å². The molecule has 0 spiro atoms. The highest BCUT2D eigenvalue weighted by molar-refractivity contribution is 7.99. The Morgan fingerprint density at radius 3 is 1.84 bits per heavy atom. The second-order valence-electron chi connectivity index (χ2n) is 9.97. The van der Waals surface area contributed by atoms with Gasteiger partial charge in [0.25, 0.3) is 0 Å². The van der Waals surface area contributed by atoms with Crippen LogP contribution in [0.3, 0.4) is 0 Å². The van der Waals surface area contributed by atoms with Crippen LogP contribution in [0.2, 0.25) is 0 Å². The summed E-state index contributed by atoms with van der Waals surface area (Å²) in [6.07, 6.45) is 20.8. The van der Waals surface area contributed by atoms with Crippen molar-refractivity contribution in [3.63, 3.8) is 0 Å². The zero-order chi connectivity index (χ0) is 27.6. The van der Waals surface area contributed by atoms with Gasteiger partial charge < -0.3 is 4.74 Å². The molecule has 0 aliphatic carbocycles. The van der Waals surface area contributed by atoms with Gasteiger partial charge in [0.15, 0.2) is 0 Å². The van der Waals surface area contributed by atoms with Gasteiger partial charge in [-0.25, -0.2) is 9.68 Å². The number of thioether (sulfide) groups is 1. The van der Waals surface area contributed by atoms with E-state index >= 15 is 0 Å². The monoisotopic (exact) mass is 565 g/mol. The molecule has 0 rings (SSSR count). The van der Waals surface area contributed by atoms with E-state index in [0.29, 0.717) is 6.42 Å². The lowest BCUT2D eigenvalue weighted by Gasteiger charge is -2.25. The minimum absolute atomic E-state index is 0.148. The van der Waals surface area contributed by atoms with Gasteiger partial charge >= 0.3 is 20.0 Å². The van der Waals surface area contributed by atoms with Gasteiger partial charge in [0, 0.05) is 5.25 Å². The first-order valence-corrected chi connectivity index (χ1v) is 17.1. The number of hydrogen-bond acceptors (Lipinski definition) is 7. The molecule has 0 N–H and O–H groups in total. The highest BCUT2D eigenvalue weighted by Crippen LogP contribution is 2.32. The SMILES string of the molecule is CCCCCCCCCCCSC(CCCCCCCC)C(C)OOC(OCCC)([PH+]=O)C(=O)OCC. The van der Waals surface area contributed by atoms with E-state index in [-0.39, 0.29) is 24.6 Å². The van der Waals surface area contributed by atoms with E-state index in [1.807, 2.05) is 25.6 Å². The van der Waals surface area contributed by atoms with Crippen molar-refractivity contribution in [2.24, 2.45) is 0 Å². The van der Waals surface area contributed by atoms with Gasteiger partial charge in [-0.1, -0.05) is 115 Å². The van der Waals surface area contributed by atoms with Gasteiger partial charge in [-0.15, -0.1) is 4.89 Å². The molecular formula is C29H58O6PS+. The van der Waals surface area contributed by atoms with Gasteiger partial charge in [-0.2, -0.15) is 11.8 Å². The first-order chi connectivity index (χ1) is 18.0. The van der Waals surface area contributed by atoms with Crippen molar-refractivity contribution >= 4 is 26.2 Å². The van der Waals surface area contributed by atoms with Crippen molar-refractivity contribution in [1.29, 1.82) is 0 Å². The van der Waals surface area contributed by atoms with Crippen LogP contribution in [0, 0.1) is 0 Å². The number of esters is 1. The first kappa shape index (κ1) is 36.8. The number of ether oxygens (including phenoxy) is 2. The lowest BCUT2D eigenvalue weighted by molar-refractivity contribution is -0.403. The quantitative estimate of drug-likeness (QED) is 0.0234. The topological polar surface area (TPSA) is 71.1 Å². The summed E-state index contributed by atoms with van der Waals surface area (Å²) in [6, 6.07) is 0. The molecule has 4 atom stereocenters. The standard InChI is InChI=1S/C29H57O6PS/c1-6-10-12-14-16-17-18-20-22-25-37-27(23-21-19-15-13-11-7-2)26(5)34-35-29(36-31,33-24-8-3)28(30)32-9-4/h26-27H,6-25H2,1-5H3/p+1. The highest BCUT2D eigenvalue weighted by atomic mass is 32.2. The van der Waals surface area contributed by atoms with Crippen LogP contribution in [-0.4, -0.2) is 41.8 Å². The Bertz CT molecular complexity index is 539. The van der Waals surface area contributed by atoms with Gasteiger partial charge in [0.1, 0.15) is 6.10 Å². The molecule has 0 saturated carbocycles. The van der Waals surface area contributed by atoms with Crippen LogP contribution in [0.4, 0.5) is 0 Å². The van der Waals surface area contributed by atoms with Crippen molar-refractivity contribution in [3.05, 3.63) is 0 Å². The summed E-state index contributed by atoms with van der Waals surface area (Å²) >= 11 is 1.93. The maximum Gasteiger partial charge on any atom is 0.497 e. The molecule has 0 saturated heterocycles. The van der Waals surface area contributed by atoms with Crippen LogP contribution < -0.4 is 0 Å². The average molecular weight is 566 g/mol. The second kappa shape index (κ2) is 26.0. The second-order valence-corrected chi connectivity index (χ2v) is 12.2. The van der Waals surface area contributed by atoms with E-state index < -0.39 is 20.0 Å². The van der Waals surface area contributed by atoms with E-state index in [1.54, 1.807) is 6.92 Å². The van der Waals surface area contributed by atoms with Crippen molar-refractivity contribution in [3.8, 4) is 0 Å². The van der Waals surface area contributed by atoms with Crippen LogP contribution in [0.25, 0.3) is 0 Å². The fourth-order valence-corrected chi connectivity index (χ4v) is 5.83. The fourth-order valence-electron chi connectivity index (χ4n) is 4.11. The Morgan fingerprint density at radius 2 is 1.32 bits per heavy atom. The molecule has 0 aliphatic rings. The first-order valence-electron chi connectivity index (χ1n) is 15.2. The van der Waals surface area contributed by atoms with Crippen molar-refractivity contribution < 1.29 is 28.6 Å². The largest absolute Gasteiger partial charge is 0.497 e. The molecule has 37 heavy (non-hydrogen) atoms. The van der Waals surface area contributed by atoms with Crippen molar-refractivity contribution in [2.75, 3.05) is 19.0 Å².